The van der Waals surface area contributed by atoms with Crippen molar-refractivity contribution >= 4 is 6.09 Å². The van der Waals surface area contributed by atoms with Crippen molar-refractivity contribution in [2.24, 2.45) is 0 Å². The van der Waals surface area contributed by atoms with Crippen molar-refractivity contribution in [3.8, 4) is 0 Å². The Morgan fingerprint density at radius 1 is 1.26 bits per heavy atom. The molecule has 1 amide bonds. The number of nitrogens with zero attached hydrogens (tertiary/aromatic N) is 3. The Labute approximate surface area is 129 Å². The van der Waals surface area contributed by atoms with Crippen LogP contribution in [0.4, 0.5) is 18.0 Å². The molecule has 1 aliphatic rings. The summed E-state index contributed by atoms with van der Waals surface area (Å²) in [6, 6.07) is 8.98. The van der Waals surface area contributed by atoms with E-state index in [4.69, 9.17) is 5.11 Å². The summed E-state index contributed by atoms with van der Waals surface area (Å²) in [6.45, 7) is 0.135. The fourth-order valence-corrected chi connectivity index (χ4v) is 2.76. The zero-order valence-electron chi connectivity index (χ0n) is 12.0. The molecule has 2 heterocycles. The van der Waals surface area contributed by atoms with Crippen molar-refractivity contribution in [2.75, 3.05) is 6.54 Å². The van der Waals surface area contributed by atoms with Gasteiger partial charge in [0.25, 0.3) is 0 Å². The first-order chi connectivity index (χ1) is 10.9. The zero-order chi connectivity index (χ0) is 16.6. The minimum absolute atomic E-state index is 0.0191. The van der Waals surface area contributed by atoms with Crippen molar-refractivity contribution in [1.82, 2.24) is 14.7 Å². The van der Waals surface area contributed by atoms with E-state index < -0.39 is 18.0 Å². The van der Waals surface area contributed by atoms with Crippen molar-refractivity contribution < 1.29 is 23.1 Å². The average Bonchev–Trinajstić information content (AvgIpc) is 2.86. The summed E-state index contributed by atoms with van der Waals surface area (Å²) in [5.74, 6) is 0. The Kier molecular flexibility index (Phi) is 3.75. The van der Waals surface area contributed by atoms with Crippen LogP contribution in [0.1, 0.15) is 22.5 Å². The zero-order valence-corrected chi connectivity index (χ0v) is 12.0. The van der Waals surface area contributed by atoms with Crippen LogP contribution in [-0.2, 0) is 25.7 Å². The number of amides is 1. The highest BCUT2D eigenvalue weighted by molar-refractivity contribution is 5.65. The number of aromatic nitrogens is 2. The smallest absolute Gasteiger partial charge is 0.435 e. The number of alkyl halides is 3. The third-order valence-electron chi connectivity index (χ3n) is 3.85. The summed E-state index contributed by atoms with van der Waals surface area (Å²) in [5, 5.41) is 12.8. The van der Waals surface area contributed by atoms with Gasteiger partial charge in [0.1, 0.15) is 0 Å². The van der Waals surface area contributed by atoms with Gasteiger partial charge in [-0.3, -0.25) is 4.68 Å². The Morgan fingerprint density at radius 2 is 1.96 bits per heavy atom. The predicted octanol–water partition coefficient (Wildman–Crippen LogP) is 2.99. The first-order valence-electron chi connectivity index (χ1n) is 7.04. The summed E-state index contributed by atoms with van der Waals surface area (Å²) in [7, 11) is 0. The van der Waals surface area contributed by atoms with E-state index in [9.17, 15) is 18.0 Å². The Bertz CT molecular complexity index is 726. The average molecular weight is 325 g/mol. The number of halogens is 3. The molecule has 8 heteroatoms. The number of hydrogen-bond acceptors (Lipinski definition) is 2. The molecule has 5 nitrogen and oxygen atoms in total. The standard InChI is InChI=1S/C15H14F3N3O2/c16-15(17,18)13-11-6-7-20(14(22)23)9-12(11)21(19-13)8-10-4-2-1-3-5-10/h1-5H,6-9H2,(H,22,23). The lowest BCUT2D eigenvalue weighted by Crippen LogP contribution is -2.36. The molecule has 0 saturated heterocycles. The van der Waals surface area contributed by atoms with Crippen molar-refractivity contribution in [2.45, 2.75) is 25.7 Å². The normalized spacial score (nSPS) is 14.7. The van der Waals surface area contributed by atoms with E-state index in [-0.39, 0.29) is 31.6 Å². The van der Waals surface area contributed by atoms with Crippen LogP contribution in [-0.4, -0.2) is 32.4 Å². The monoisotopic (exact) mass is 325 g/mol. The van der Waals surface area contributed by atoms with Crippen molar-refractivity contribution in [3.05, 3.63) is 52.8 Å². The molecule has 0 aliphatic carbocycles. The van der Waals surface area contributed by atoms with Gasteiger partial charge in [-0.1, -0.05) is 30.3 Å². The number of hydrogen-bond donors (Lipinski definition) is 1. The van der Waals surface area contributed by atoms with Crippen LogP contribution >= 0.6 is 0 Å². The summed E-state index contributed by atoms with van der Waals surface area (Å²) in [6.07, 6.45) is -5.67. The van der Waals surface area contributed by atoms with Crippen LogP contribution in [0.15, 0.2) is 30.3 Å². The maximum atomic E-state index is 13.2. The molecule has 0 fully saturated rings. The van der Waals surface area contributed by atoms with E-state index in [1.165, 1.54) is 4.68 Å². The lowest BCUT2D eigenvalue weighted by Gasteiger charge is -2.25. The fourth-order valence-electron chi connectivity index (χ4n) is 2.76. The molecule has 0 unspecified atom stereocenters. The molecule has 23 heavy (non-hydrogen) atoms. The molecule has 1 aromatic heterocycles. The van der Waals surface area contributed by atoms with Gasteiger partial charge in [0, 0.05) is 12.1 Å². The Hall–Kier alpha value is -2.51. The van der Waals surface area contributed by atoms with Crippen molar-refractivity contribution in [1.29, 1.82) is 0 Å². The topological polar surface area (TPSA) is 58.4 Å². The molecule has 1 N–H and O–H groups in total. The highest BCUT2D eigenvalue weighted by Crippen LogP contribution is 2.35. The molecular weight excluding hydrogens is 311 g/mol. The Morgan fingerprint density at radius 3 is 2.57 bits per heavy atom. The molecular formula is C15H14F3N3O2. The number of benzene rings is 1. The lowest BCUT2D eigenvalue weighted by atomic mass is 10.0. The minimum Gasteiger partial charge on any atom is -0.465 e. The van der Waals surface area contributed by atoms with Crippen LogP contribution in [0.5, 0.6) is 0 Å². The van der Waals surface area contributed by atoms with Gasteiger partial charge in [-0.15, -0.1) is 0 Å². The fraction of sp³-hybridized carbons (Fsp3) is 0.333. The second-order valence-electron chi connectivity index (χ2n) is 5.37. The molecule has 0 spiro atoms. The first-order valence-corrected chi connectivity index (χ1v) is 7.04. The van der Waals surface area contributed by atoms with E-state index in [1.54, 1.807) is 24.3 Å². The van der Waals surface area contributed by atoms with Gasteiger partial charge in [0.05, 0.1) is 18.8 Å². The molecule has 1 aromatic carbocycles. The summed E-state index contributed by atoms with van der Waals surface area (Å²) in [4.78, 5) is 12.2. The molecule has 1 aliphatic heterocycles. The second-order valence-corrected chi connectivity index (χ2v) is 5.37. The van der Waals surface area contributed by atoms with Gasteiger partial charge in [0.15, 0.2) is 5.69 Å². The number of fused-ring (bicyclic) bond motifs is 1. The molecule has 0 radical (unpaired) electrons. The van der Waals surface area contributed by atoms with E-state index >= 15 is 0 Å². The van der Waals surface area contributed by atoms with Crippen LogP contribution in [0, 0.1) is 0 Å². The second kappa shape index (κ2) is 5.60. The highest BCUT2D eigenvalue weighted by Gasteiger charge is 2.40. The quantitative estimate of drug-likeness (QED) is 0.923. The molecule has 122 valence electrons. The van der Waals surface area contributed by atoms with Crippen LogP contribution in [0.3, 0.4) is 0 Å². The SMILES string of the molecule is O=C(O)N1CCc2c(C(F)(F)F)nn(Cc3ccccc3)c2C1. The third kappa shape index (κ3) is 3.01. The summed E-state index contributed by atoms with van der Waals surface area (Å²) in [5.41, 5.74) is 0.313. The van der Waals surface area contributed by atoms with Crippen LogP contribution in [0.2, 0.25) is 0 Å². The van der Waals surface area contributed by atoms with E-state index in [0.717, 1.165) is 10.5 Å². The van der Waals surface area contributed by atoms with E-state index in [1.807, 2.05) is 6.07 Å². The third-order valence-corrected chi connectivity index (χ3v) is 3.85. The number of carbonyl (C=O) groups is 1. The van der Waals surface area contributed by atoms with Gasteiger partial charge >= 0.3 is 12.3 Å². The van der Waals surface area contributed by atoms with Gasteiger partial charge in [-0.25, -0.2) is 4.79 Å². The van der Waals surface area contributed by atoms with Crippen LogP contribution in [0.25, 0.3) is 0 Å². The van der Waals surface area contributed by atoms with Gasteiger partial charge < -0.3 is 10.0 Å². The number of carboxylic acid groups (broad SMARTS) is 1. The first kappa shape index (κ1) is 15.4. The molecule has 3 rings (SSSR count). The van der Waals surface area contributed by atoms with Gasteiger partial charge in [0.2, 0.25) is 0 Å². The summed E-state index contributed by atoms with van der Waals surface area (Å²) < 4.78 is 40.8. The largest absolute Gasteiger partial charge is 0.465 e. The molecule has 0 bridgehead atoms. The molecule has 0 saturated carbocycles. The predicted molar refractivity (Wildman–Crippen MR) is 74.9 cm³/mol. The van der Waals surface area contributed by atoms with E-state index in [2.05, 4.69) is 5.10 Å². The van der Waals surface area contributed by atoms with Gasteiger partial charge in [-0.05, 0) is 12.0 Å². The maximum Gasteiger partial charge on any atom is 0.435 e. The minimum atomic E-state index is -4.54. The number of rotatable bonds is 2. The molecule has 0 atom stereocenters. The van der Waals surface area contributed by atoms with Gasteiger partial charge in [-0.2, -0.15) is 18.3 Å². The highest BCUT2D eigenvalue weighted by atomic mass is 19.4. The van der Waals surface area contributed by atoms with E-state index in [0.29, 0.717) is 5.69 Å². The van der Waals surface area contributed by atoms with Crippen molar-refractivity contribution in [3.63, 3.8) is 0 Å². The summed E-state index contributed by atoms with van der Waals surface area (Å²) >= 11 is 0. The lowest BCUT2D eigenvalue weighted by molar-refractivity contribution is -0.142. The molecule has 2 aromatic rings. The maximum absolute atomic E-state index is 13.2. The van der Waals surface area contributed by atoms with Crippen LogP contribution < -0.4 is 0 Å². The Balaban J connectivity index is 2.02.